The summed E-state index contributed by atoms with van der Waals surface area (Å²) in [5, 5.41) is 10.0. The molecule has 26 heavy (non-hydrogen) atoms. The van der Waals surface area contributed by atoms with E-state index in [0.717, 1.165) is 4.90 Å². The molecule has 2 atom stereocenters. The molecule has 4 rings (SSSR count). The summed E-state index contributed by atoms with van der Waals surface area (Å²) < 4.78 is 13.2. The predicted molar refractivity (Wildman–Crippen MR) is 93.3 cm³/mol. The number of benzene rings is 2. The van der Waals surface area contributed by atoms with Crippen LogP contribution in [0.4, 0.5) is 10.1 Å². The van der Waals surface area contributed by atoms with Crippen LogP contribution in [-0.4, -0.2) is 28.9 Å². The summed E-state index contributed by atoms with van der Waals surface area (Å²) in [5.41, 5.74) is 1.01. The van der Waals surface area contributed by atoms with Crippen molar-refractivity contribution >= 4 is 40.7 Å². The summed E-state index contributed by atoms with van der Waals surface area (Å²) in [4.78, 5) is 26.5. The Morgan fingerprint density at radius 1 is 1.04 bits per heavy atom. The second kappa shape index (κ2) is 6.34. The number of carbonyl (C=O) groups excluding carboxylic acids is 2. The Kier molecular flexibility index (Phi) is 4.13. The Hall–Kier alpha value is -2.51. The van der Waals surface area contributed by atoms with E-state index in [1.54, 1.807) is 24.3 Å². The van der Waals surface area contributed by atoms with Crippen LogP contribution in [0.15, 0.2) is 52.8 Å². The molecule has 0 bridgehead atoms. The summed E-state index contributed by atoms with van der Waals surface area (Å²) in [6, 6.07) is 8.60. The van der Waals surface area contributed by atoms with E-state index in [1.807, 2.05) is 0 Å². The molecule has 2 aliphatic heterocycles. The largest absolute Gasteiger partial charge is 0.271 e. The minimum Gasteiger partial charge on any atom is -0.271 e. The molecule has 0 unspecified atom stereocenters. The van der Waals surface area contributed by atoms with Crippen LogP contribution in [0.2, 0.25) is 10.0 Å². The van der Waals surface area contributed by atoms with Crippen LogP contribution in [0, 0.1) is 5.82 Å². The molecule has 2 heterocycles. The number of hydrogen-bond donors (Lipinski definition) is 0. The van der Waals surface area contributed by atoms with Gasteiger partial charge in [-0.3, -0.25) is 14.6 Å². The van der Waals surface area contributed by atoms with Crippen LogP contribution < -0.4 is 4.90 Å². The lowest BCUT2D eigenvalue weighted by Crippen LogP contribution is -2.39. The molecular formula is C17H11Cl2FN4O2. The molecule has 1 fully saturated rings. The van der Waals surface area contributed by atoms with Gasteiger partial charge >= 0.3 is 0 Å². The number of rotatable bonds is 3. The lowest BCUT2D eigenvalue weighted by atomic mass is 10.1. The van der Waals surface area contributed by atoms with E-state index < -0.39 is 29.7 Å². The summed E-state index contributed by atoms with van der Waals surface area (Å²) in [5.74, 6) is -1.33. The van der Waals surface area contributed by atoms with E-state index >= 15 is 0 Å². The Morgan fingerprint density at radius 2 is 1.77 bits per heavy atom. The van der Waals surface area contributed by atoms with Gasteiger partial charge in [0, 0.05) is 10.0 Å². The van der Waals surface area contributed by atoms with Crippen molar-refractivity contribution in [3.05, 3.63) is 63.9 Å². The first-order valence-electron chi connectivity index (χ1n) is 7.70. The molecule has 0 aliphatic carbocycles. The summed E-state index contributed by atoms with van der Waals surface area (Å²) in [7, 11) is 0. The van der Waals surface area contributed by atoms with Crippen molar-refractivity contribution in [1.82, 2.24) is 5.01 Å². The fraction of sp³-hybridized carbons (Fsp3) is 0.176. The van der Waals surface area contributed by atoms with Crippen molar-refractivity contribution in [2.75, 3.05) is 4.90 Å². The zero-order chi connectivity index (χ0) is 18.4. The number of anilines is 1. The maximum absolute atomic E-state index is 13.2. The average molecular weight is 393 g/mol. The average Bonchev–Trinajstić information content (AvgIpc) is 3.12. The van der Waals surface area contributed by atoms with Gasteiger partial charge in [0.15, 0.2) is 12.1 Å². The second-order valence-electron chi connectivity index (χ2n) is 5.92. The van der Waals surface area contributed by atoms with Crippen molar-refractivity contribution in [2.24, 2.45) is 10.3 Å². The predicted octanol–water partition coefficient (Wildman–Crippen LogP) is 3.63. The van der Waals surface area contributed by atoms with Crippen molar-refractivity contribution in [2.45, 2.75) is 18.6 Å². The van der Waals surface area contributed by atoms with E-state index in [4.69, 9.17) is 23.2 Å². The molecule has 0 saturated carbocycles. The highest BCUT2D eigenvalue weighted by Crippen LogP contribution is 2.33. The molecule has 2 aliphatic rings. The number of imide groups is 1. The van der Waals surface area contributed by atoms with Crippen LogP contribution in [-0.2, 0) is 16.1 Å². The normalized spacial score (nSPS) is 21.7. The second-order valence-corrected chi connectivity index (χ2v) is 6.76. The van der Waals surface area contributed by atoms with Crippen LogP contribution in [0.3, 0.4) is 0 Å². The third kappa shape index (κ3) is 2.73. The monoisotopic (exact) mass is 392 g/mol. The van der Waals surface area contributed by atoms with Crippen molar-refractivity contribution < 1.29 is 14.0 Å². The third-order valence-corrected chi connectivity index (χ3v) is 4.89. The molecule has 0 N–H and O–H groups in total. The summed E-state index contributed by atoms with van der Waals surface area (Å²) in [6.07, 6.45) is 0. The van der Waals surface area contributed by atoms with Crippen LogP contribution >= 0.6 is 23.2 Å². The fourth-order valence-electron chi connectivity index (χ4n) is 3.02. The molecule has 132 valence electrons. The molecule has 2 aromatic rings. The lowest BCUT2D eigenvalue weighted by molar-refractivity contribution is -0.123. The summed E-state index contributed by atoms with van der Waals surface area (Å²) >= 11 is 11.9. The van der Waals surface area contributed by atoms with E-state index in [2.05, 4.69) is 10.3 Å². The van der Waals surface area contributed by atoms with Crippen LogP contribution in [0.1, 0.15) is 5.56 Å². The number of nitrogens with zero attached hydrogens (tertiary/aromatic N) is 4. The topological polar surface area (TPSA) is 65.3 Å². The van der Waals surface area contributed by atoms with E-state index in [0.29, 0.717) is 16.3 Å². The van der Waals surface area contributed by atoms with Crippen molar-refractivity contribution in [3.8, 4) is 0 Å². The smallest absolute Gasteiger partial charge is 0.263 e. The Bertz CT molecular complexity index is 935. The van der Waals surface area contributed by atoms with Crippen molar-refractivity contribution in [1.29, 1.82) is 0 Å². The van der Waals surface area contributed by atoms with E-state index in [9.17, 15) is 14.0 Å². The van der Waals surface area contributed by atoms with Gasteiger partial charge in [0.1, 0.15) is 5.82 Å². The van der Waals surface area contributed by atoms with Gasteiger partial charge in [-0.1, -0.05) is 34.5 Å². The van der Waals surface area contributed by atoms with E-state index in [-0.39, 0.29) is 11.6 Å². The number of hydrogen-bond acceptors (Lipinski definition) is 5. The Labute approximate surface area is 157 Å². The first-order chi connectivity index (χ1) is 12.5. The molecule has 0 aromatic heterocycles. The molecular weight excluding hydrogens is 382 g/mol. The number of amides is 2. The minimum absolute atomic E-state index is 0.136. The first-order valence-corrected chi connectivity index (χ1v) is 8.46. The number of fused-ring (bicyclic) bond motifs is 1. The zero-order valence-corrected chi connectivity index (χ0v) is 14.7. The molecule has 2 aromatic carbocycles. The van der Waals surface area contributed by atoms with Crippen molar-refractivity contribution in [3.63, 3.8) is 0 Å². The van der Waals surface area contributed by atoms with Gasteiger partial charge in [0.25, 0.3) is 11.8 Å². The van der Waals surface area contributed by atoms with Gasteiger partial charge in [0.2, 0.25) is 0 Å². The Morgan fingerprint density at radius 3 is 2.46 bits per heavy atom. The highest BCUT2D eigenvalue weighted by Gasteiger charge is 2.54. The zero-order valence-electron chi connectivity index (χ0n) is 13.1. The summed E-state index contributed by atoms with van der Waals surface area (Å²) in [6.45, 7) is 0.136. The van der Waals surface area contributed by atoms with Gasteiger partial charge in [-0.25, -0.2) is 9.29 Å². The molecule has 0 spiro atoms. The highest BCUT2D eigenvalue weighted by molar-refractivity contribution is 6.31. The van der Waals surface area contributed by atoms with Gasteiger partial charge < -0.3 is 0 Å². The minimum atomic E-state index is -0.905. The number of carbonyl (C=O) groups is 2. The van der Waals surface area contributed by atoms with Gasteiger partial charge in [-0.15, -0.1) is 0 Å². The lowest BCUT2D eigenvalue weighted by Gasteiger charge is -2.21. The van der Waals surface area contributed by atoms with Crippen LogP contribution in [0.5, 0.6) is 0 Å². The fourth-order valence-corrected chi connectivity index (χ4v) is 3.38. The maximum atomic E-state index is 13.2. The third-order valence-electron chi connectivity index (χ3n) is 4.29. The maximum Gasteiger partial charge on any atom is 0.263 e. The van der Waals surface area contributed by atoms with E-state index in [1.165, 1.54) is 23.2 Å². The Balaban J connectivity index is 1.61. The standard InChI is InChI=1S/C17H11Cl2FN4O2/c18-10-2-5-12(6-3-10)24-16(25)14-15(17(24)26)23(22-21-14)8-9-1-4-11(20)7-13(9)19/h1-7,14-15H,8H2/t14-,15+/m0/s1. The highest BCUT2D eigenvalue weighted by atomic mass is 35.5. The molecule has 0 radical (unpaired) electrons. The molecule has 2 amide bonds. The SMILES string of the molecule is O=C1[C@H]2N=NN(Cc3ccc(F)cc3Cl)[C@H]2C(=O)N1c1ccc(Cl)cc1. The first kappa shape index (κ1) is 16.9. The molecule has 9 heteroatoms. The van der Waals surface area contributed by atoms with Gasteiger partial charge in [0.05, 0.1) is 12.2 Å². The molecule has 1 saturated heterocycles. The quantitative estimate of drug-likeness (QED) is 0.749. The van der Waals surface area contributed by atoms with Gasteiger partial charge in [-0.05, 0) is 42.0 Å². The van der Waals surface area contributed by atoms with Gasteiger partial charge in [-0.2, -0.15) is 5.11 Å². The number of halogens is 3. The molecule has 6 nitrogen and oxygen atoms in total. The van der Waals surface area contributed by atoms with Crippen LogP contribution in [0.25, 0.3) is 0 Å².